The molecule has 0 aromatic heterocycles. The smallest absolute Gasteiger partial charge is 0.172 e. The molecule has 1 aliphatic carbocycles. The molecule has 0 spiro atoms. The molecule has 0 saturated carbocycles. The Kier molecular flexibility index (Phi) is 6.15. The SMILES string of the molecule is CCO[C@@H]1C[C@@H](Nc2ccccc2)c2cc(OC)ccc2[C@H]1C(=O)c1ccccc1. The summed E-state index contributed by atoms with van der Waals surface area (Å²) in [7, 11) is 1.67. The van der Waals surface area contributed by atoms with Crippen molar-refractivity contribution < 1.29 is 14.3 Å². The number of anilines is 1. The number of methoxy groups -OCH3 is 1. The lowest BCUT2D eigenvalue weighted by Gasteiger charge is -2.38. The number of carbonyl (C=O) groups excluding carboxylic acids is 1. The van der Waals surface area contributed by atoms with Gasteiger partial charge >= 0.3 is 0 Å². The van der Waals surface area contributed by atoms with Crippen LogP contribution in [0.5, 0.6) is 5.75 Å². The van der Waals surface area contributed by atoms with Crippen LogP contribution in [-0.4, -0.2) is 25.6 Å². The Morgan fingerprint density at radius 2 is 1.67 bits per heavy atom. The van der Waals surface area contributed by atoms with Gasteiger partial charge in [-0.15, -0.1) is 0 Å². The molecule has 3 atom stereocenters. The van der Waals surface area contributed by atoms with E-state index in [1.165, 1.54) is 0 Å². The fraction of sp³-hybridized carbons (Fsp3) is 0.269. The zero-order chi connectivity index (χ0) is 20.9. The first-order chi connectivity index (χ1) is 14.7. The number of carbonyl (C=O) groups is 1. The van der Waals surface area contributed by atoms with E-state index in [4.69, 9.17) is 9.47 Å². The maximum atomic E-state index is 13.5. The van der Waals surface area contributed by atoms with Gasteiger partial charge in [-0.2, -0.15) is 0 Å². The molecule has 0 bridgehead atoms. The van der Waals surface area contributed by atoms with E-state index in [0.717, 1.165) is 22.6 Å². The first-order valence-electron chi connectivity index (χ1n) is 10.4. The largest absolute Gasteiger partial charge is 0.497 e. The zero-order valence-electron chi connectivity index (χ0n) is 17.4. The molecular formula is C26H27NO3. The second kappa shape index (κ2) is 9.14. The van der Waals surface area contributed by atoms with Gasteiger partial charge in [0.25, 0.3) is 0 Å². The van der Waals surface area contributed by atoms with Crippen LogP contribution in [0.15, 0.2) is 78.9 Å². The average molecular weight is 402 g/mol. The molecule has 3 aromatic carbocycles. The number of rotatable bonds is 7. The van der Waals surface area contributed by atoms with E-state index in [9.17, 15) is 4.79 Å². The highest BCUT2D eigenvalue weighted by atomic mass is 16.5. The van der Waals surface area contributed by atoms with Gasteiger partial charge in [-0.1, -0.05) is 54.6 Å². The Bertz CT molecular complexity index is 988. The van der Waals surface area contributed by atoms with E-state index < -0.39 is 0 Å². The quantitative estimate of drug-likeness (QED) is 0.522. The standard InChI is InChI=1S/C26H27NO3/c1-3-30-24-17-23(27-19-12-8-5-9-13-19)22-16-20(29-2)14-15-21(22)25(24)26(28)18-10-6-4-7-11-18/h4-16,23-25,27H,3,17H2,1-2H3/t23-,24-,25-/m1/s1. The molecule has 3 aromatic rings. The van der Waals surface area contributed by atoms with Crippen LogP contribution in [0.3, 0.4) is 0 Å². The lowest BCUT2D eigenvalue weighted by atomic mass is 9.74. The summed E-state index contributed by atoms with van der Waals surface area (Å²) in [6, 6.07) is 25.6. The van der Waals surface area contributed by atoms with Crippen molar-refractivity contribution in [3.8, 4) is 5.75 Å². The van der Waals surface area contributed by atoms with Crippen molar-refractivity contribution in [3.05, 3.63) is 95.6 Å². The van der Waals surface area contributed by atoms with Crippen LogP contribution in [0.4, 0.5) is 5.69 Å². The molecule has 0 radical (unpaired) electrons. The van der Waals surface area contributed by atoms with Crippen molar-refractivity contribution in [2.45, 2.75) is 31.4 Å². The topological polar surface area (TPSA) is 47.6 Å². The van der Waals surface area contributed by atoms with Crippen LogP contribution >= 0.6 is 0 Å². The molecule has 30 heavy (non-hydrogen) atoms. The van der Waals surface area contributed by atoms with Gasteiger partial charge in [-0.3, -0.25) is 4.79 Å². The van der Waals surface area contributed by atoms with Gasteiger partial charge in [0, 0.05) is 17.9 Å². The number of ketones is 1. The summed E-state index contributed by atoms with van der Waals surface area (Å²) in [4.78, 5) is 13.5. The van der Waals surface area contributed by atoms with Crippen molar-refractivity contribution in [1.29, 1.82) is 0 Å². The molecule has 0 saturated heterocycles. The van der Waals surface area contributed by atoms with Crippen molar-refractivity contribution in [3.63, 3.8) is 0 Å². The maximum absolute atomic E-state index is 13.5. The number of para-hydroxylation sites is 1. The molecule has 154 valence electrons. The van der Waals surface area contributed by atoms with Gasteiger partial charge in [0.1, 0.15) is 5.75 Å². The lowest BCUT2D eigenvalue weighted by molar-refractivity contribution is 0.0271. The van der Waals surface area contributed by atoms with E-state index in [1.807, 2.05) is 73.7 Å². The minimum Gasteiger partial charge on any atom is -0.497 e. The highest BCUT2D eigenvalue weighted by Crippen LogP contribution is 2.43. The summed E-state index contributed by atoms with van der Waals surface area (Å²) in [6.07, 6.45) is 0.497. The van der Waals surface area contributed by atoms with Crippen LogP contribution in [0.2, 0.25) is 0 Å². The molecule has 1 aliphatic rings. The van der Waals surface area contributed by atoms with Gasteiger partial charge in [0.2, 0.25) is 0 Å². The summed E-state index contributed by atoms with van der Waals surface area (Å²) in [5.74, 6) is 0.537. The minimum atomic E-state index is -0.345. The van der Waals surface area contributed by atoms with E-state index in [-0.39, 0.29) is 23.8 Å². The molecule has 4 rings (SSSR count). The van der Waals surface area contributed by atoms with Gasteiger partial charge in [0.05, 0.1) is 25.2 Å². The Balaban J connectivity index is 1.78. The van der Waals surface area contributed by atoms with Crippen LogP contribution in [0.25, 0.3) is 0 Å². The Hall–Kier alpha value is -3.11. The summed E-state index contributed by atoms with van der Waals surface area (Å²) in [6.45, 7) is 2.54. The number of fused-ring (bicyclic) bond motifs is 1. The maximum Gasteiger partial charge on any atom is 0.172 e. The van der Waals surface area contributed by atoms with Crippen molar-refractivity contribution in [2.24, 2.45) is 0 Å². The van der Waals surface area contributed by atoms with Crippen molar-refractivity contribution in [1.82, 2.24) is 0 Å². The Morgan fingerprint density at radius 1 is 0.967 bits per heavy atom. The van der Waals surface area contributed by atoms with Gasteiger partial charge in [-0.25, -0.2) is 0 Å². The fourth-order valence-electron chi connectivity index (χ4n) is 4.30. The Labute approximate surface area is 177 Å². The first-order valence-corrected chi connectivity index (χ1v) is 10.4. The highest BCUT2D eigenvalue weighted by Gasteiger charge is 2.40. The third kappa shape index (κ3) is 4.10. The number of ether oxygens (including phenoxy) is 2. The molecule has 0 aliphatic heterocycles. The van der Waals surface area contributed by atoms with Gasteiger partial charge in [0.15, 0.2) is 5.78 Å². The van der Waals surface area contributed by atoms with E-state index >= 15 is 0 Å². The average Bonchev–Trinajstić information content (AvgIpc) is 2.80. The second-order valence-electron chi connectivity index (χ2n) is 7.50. The molecule has 0 fully saturated rings. The van der Waals surface area contributed by atoms with Crippen LogP contribution in [-0.2, 0) is 4.74 Å². The molecule has 0 amide bonds. The number of nitrogens with one attached hydrogen (secondary N) is 1. The molecule has 4 heteroatoms. The molecule has 0 unspecified atom stereocenters. The monoisotopic (exact) mass is 401 g/mol. The molecule has 1 N–H and O–H groups in total. The van der Waals surface area contributed by atoms with Crippen LogP contribution in [0.1, 0.15) is 46.8 Å². The van der Waals surface area contributed by atoms with E-state index in [1.54, 1.807) is 7.11 Å². The summed E-state index contributed by atoms with van der Waals surface area (Å²) >= 11 is 0. The summed E-state index contributed by atoms with van der Waals surface area (Å²) in [5, 5.41) is 3.63. The number of hydrogen-bond donors (Lipinski definition) is 1. The third-order valence-electron chi connectivity index (χ3n) is 5.68. The third-order valence-corrected chi connectivity index (χ3v) is 5.68. The van der Waals surface area contributed by atoms with Crippen LogP contribution in [0, 0.1) is 0 Å². The van der Waals surface area contributed by atoms with E-state index in [2.05, 4.69) is 17.4 Å². The number of Topliss-reactive ketones (excluding diaryl/α,β-unsaturated/α-hetero) is 1. The van der Waals surface area contributed by atoms with Crippen molar-refractivity contribution >= 4 is 11.5 Å². The minimum absolute atomic E-state index is 0.0221. The fourth-order valence-corrected chi connectivity index (χ4v) is 4.30. The number of hydrogen-bond acceptors (Lipinski definition) is 4. The van der Waals surface area contributed by atoms with Crippen LogP contribution < -0.4 is 10.1 Å². The summed E-state index contributed by atoms with van der Waals surface area (Å²) in [5.41, 5.74) is 3.84. The molecular weight excluding hydrogens is 374 g/mol. The predicted molar refractivity (Wildman–Crippen MR) is 119 cm³/mol. The first kappa shape index (κ1) is 20.2. The van der Waals surface area contributed by atoms with Gasteiger partial charge in [-0.05, 0) is 48.7 Å². The van der Waals surface area contributed by atoms with Crippen molar-refractivity contribution in [2.75, 3.05) is 19.0 Å². The summed E-state index contributed by atoms with van der Waals surface area (Å²) < 4.78 is 11.6. The lowest BCUT2D eigenvalue weighted by Crippen LogP contribution is -2.37. The zero-order valence-corrected chi connectivity index (χ0v) is 17.4. The second-order valence-corrected chi connectivity index (χ2v) is 7.50. The van der Waals surface area contributed by atoms with E-state index in [0.29, 0.717) is 18.6 Å². The predicted octanol–water partition coefficient (Wildman–Crippen LogP) is 5.62. The molecule has 4 nitrogen and oxygen atoms in total. The normalized spacial score (nSPS) is 20.3. The highest BCUT2D eigenvalue weighted by molar-refractivity contribution is 6.02. The number of benzene rings is 3. The van der Waals surface area contributed by atoms with Gasteiger partial charge < -0.3 is 14.8 Å². The Morgan fingerprint density at radius 3 is 2.33 bits per heavy atom. The molecule has 0 heterocycles.